The summed E-state index contributed by atoms with van der Waals surface area (Å²) in [6, 6.07) is 36.3. The van der Waals surface area contributed by atoms with Crippen LogP contribution in [0.1, 0.15) is 35.1 Å². The Hall–Kier alpha value is -6.68. The minimum Gasteiger partial charge on any atom is -0.496 e. The zero-order valence-electron chi connectivity index (χ0n) is 34.7. The largest absolute Gasteiger partial charge is 0.496 e. The Morgan fingerprint density at radius 1 is 0.328 bits per heavy atom. The fourth-order valence-corrected chi connectivity index (χ4v) is 6.70. The third kappa shape index (κ3) is 10.6. The van der Waals surface area contributed by atoms with E-state index in [2.05, 4.69) is 57.7 Å². The summed E-state index contributed by atoms with van der Waals surface area (Å²) in [5.41, 5.74) is 11.5. The van der Waals surface area contributed by atoms with Gasteiger partial charge < -0.3 is 49.7 Å². The van der Waals surface area contributed by atoms with E-state index in [1.54, 1.807) is 28.4 Å². The first-order valence-corrected chi connectivity index (χ1v) is 19.4. The molecule has 0 saturated heterocycles. The Labute approximate surface area is 342 Å². The first-order valence-electron chi connectivity index (χ1n) is 19.4. The van der Waals surface area contributed by atoms with Gasteiger partial charge in [0.1, 0.15) is 34.5 Å². The van der Waals surface area contributed by atoms with Crippen LogP contribution in [0, 0.1) is 27.7 Å². The molecule has 0 spiro atoms. The molecule has 0 saturated carbocycles. The van der Waals surface area contributed by atoms with Gasteiger partial charge in [0.2, 0.25) is 0 Å². The highest BCUT2D eigenvalue weighted by Crippen LogP contribution is 2.36. The second-order valence-corrected chi connectivity index (χ2v) is 14.1. The molecule has 0 unspecified atom stereocenters. The van der Waals surface area contributed by atoms with Crippen LogP contribution in [0.25, 0.3) is 0 Å². The van der Waals surface area contributed by atoms with Gasteiger partial charge in [0.15, 0.2) is 0 Å². The summed E-state index contributed by atoms with van der Waals surface area (Å²) < 4.78 is 34.7. The van der Waals surface area contributed by atoms with Crippen molar-refractivity contribution in [3.05, 3.63) is 131 Å². The normalized spacial score (nSPS) is 10.7. The van der Waals surface area contributed by atoms with Crippen LogP contribution in [0.2, 0.25) is 0 Å². The lowest BCUT2D eigenvalue weighted by Crippen LogP contribution is -2.06. The second-order valence-electron chi connectivity index (χ2n) is 14.1. The molecule has 0 aliphatic carbocycles. The van der Waals surface area contributed by atoms with Gasteiger partial charge in [0.05, 0.1) is 53.0 Å². The van der Waals surface area contributed by atoms with Crippen LogP contribution < -0.4 is 49.7 Å². The molecule has 0 bridgehead atoms. The van der Waals surface area contributed by atoms with Gasteiger partial charge in [-0.2, -0.15) is 0 Å². The monoisotopic (exact) mass is 782 g/mol. The quantitative estimate of drug-likeness (QED) is 0.0594. The molecule has 10 nitrogen and oxygen atoms in total. The van der Waals surface area contributed by atoms with Crippen LogP contribution in [0.4, 0.5) is 45.5 Å². The van der Waals surface area contributed by atoms with E-state index < -0.39 is 0 Å². The number of rotatable bonds is 19. The van der Waals surface area contributed by atoms with Crippen molar-refractivity contribution in [3.8, 4) is 34.5 Å². The van der Waals surface area contributed by atoms with E-state index in [4.69, 9.17) is 28.4 Å². The molecule has 302 valence electrons. The number of ether oxygens (including phenoxy) is 6. The van der Waals surface area contributed by atoms with Gasteiger partial charge in [-0.15, -0.1) is 0 Å². The maximum Gasteiger partial charge on any atom is 0.142 e. The Kier molecular flexibility index (Phi) is 13.7. The predicted molar refractivity (Wildman–Crippen MR) is 237 cm³/mol. The maximum atomic E-state index is 6.39. The Balaban J connectivity index is 1.12. The summed E-state index contributed by atoms with van der Waals surface area (Å²) in [5.74, 6) is 4.88. The Morgan fingerprint density at radius 2 is 0.586 bits per heavy atom. The number of methoxy groups -OCH3 is 4. The molecule has 0 radical (unpaired) electrons. The summed E-state index contributed by atoms with van der Waals surface area (Å²) in [6.45, 7) is 9.16. The van der Waals surface area contributed by atoms with Gasteiger partial charge >= 0.3 is 0 Å². The predicted octanol–water partition coefficient (Wildman–Crippen LogP) is 12.2. The Morgan fingerprint density at radius 3 is 0.862 bits per heavy atom. The van der Waals surface area contributed by atoms with Gasteiger partial charge in [-0.05, 0) is 172 Å². The van der Waals surface area contributed by atoms with Crippen LogP contribution in [0.15, 0.2) is 109 Å². The summed E-state index contributed by atoms with van der Waals surface area (Å²) in [5, 5.41) is 14.2. The molecule has 0 amide bonds. The lowest BCUT2D eigenvalue weighted by atomic mass is 10.1. The number of unbranched alkanes of at least 4 members (excludes halogenated alkanes) is 1. The molecule has 10 heteroatoms. The minimum absolute atomic E-state index is 0.518. The molecule has 6 rings (SSSR count). The molecule has 0 atom stereocenters. The molecular formula is C48H54N4O6. The third-order valence-electron chi connectivity index (χ3n) is 9.73. The average Bonchev–Trinajstić information content (AvgIpc) is 3.21. The van der Waals surface area contributed by atoms with Crippen molar-refractivity contribution >= 4 is 45.5 Å². The molecule has 0 fully saturated rings. The number of benzene rings is 6. The first-order chi connectivity index (χ1) is 28.2. The van der Waals surface area contributed by atoms with E-state index >= 15 is 0 Å². The molecule has 0 aromatic heterocycles. The highest BCUT2D eigenvalue weighted by atomic mass is 16.5. The lowest BCUT2D eigenvalue weighted by molar-refractivity contribution is 0.268. The summed E-state index contributed by atoms with van der Waals surface area (Å²) in [4.78, 5) is 0. The van der Waals surface area contributed by atoms with Crippen molar-refractivity contribution < 1.29 is 28.4 Å². The van der Waals surface area contributed by atoms with E-state index in [1.807, 2.05) is 100 Å². The van der Waals surface area contributed by atoms with Gasteiger partial charge in [0.25, 0.3) is 0 Å². The summed E-state index contributed by atoms with van der Waals surface area (Å²) >= 11 is 0. The zero-order valence-corrected chi connectivity index (χ0v) is 34.7. The van der Waals surface area contributed by atoms with Crippen LogP contribution in [-0.4, -0.2) is 41.7 Å². The standard InChI is InChI=1S/C48H54N4O6/c1-31-25-35(11-17-43(31)53-5)49-39-15-21-47(41(29-39)51-37-13-19-45(55-7)33(3)27-37)57-23-9-10-24-58-48-22-16-40(50-36-12-18-44(54-6)32(2)26-36)30-42(48)52-38-14-20-46(56-8)34(4)28-38/h11-22,25-30,49-52H,9-10,23-24H2,1-8H3. The topological polar surface area (TPSA) is 104 Å². The van der Waals surface area contributed by atoms with E-state index in [9.17, 15) is 0 Å². The van der Waals surface area contributed by atoms with E-state index in [0.29, 0.717) is 13.2 Å². The molecule has 4 N–H and O–H groups in total. The number of nitrogens with one attached hydrogen (secondary N) is 4. The molecule has 0 aliphatic rings. The zero-order chi connectivity index (χ0) is 41.0. The number of aryl methyl sites for hydroxylation is 4. The van der Waals surface area contributed by atoms with E-state index in [0.717, 1.165) is 115 Å². The highest BCUT2D eigenvalue weighted by Gasteiger charge is 2.12. The fourth-order valence-electron chi connectivity index (χ4n) is 6.70. The number of hydrogen-bond donors (Lipinski definition) is 4. The lowest BCUT2D eigenvalue weighted by Gasteiger charge is -2.18. The van der Waals surface area contributed by atoms with Crippen LogP contribution in [0.5, 0.6) is 34.5 Å². The van der Waals surface area contributed by atoms with E-state index in [1.165, 1.54) is 0 Å². The van der Waals surface area contributed by atoms with Crippen molar-refractivity contribution in [1.82, 2.24) is 0 Å². The molecule has 0 heterocycles. The van der Waals surface area contributed by atoms with Gasteiger partial charge in [-0.1, -0.05) is 0 Å². The molecular weight excluding hydrogens is 729 g/mol. The summed E-state index contributed by atoms with van der Waals surface area (Å²) in [6.07, 6.45) is 1.59. The molecule has 0 aliphatic heterocycles. The summed E-state index contributed by atoms with van der Waals surface area (Å²) in [7, 11) is 6.73. The number of anilines is 8. The highest BCUT2D eigenvalue weighted by molar-refractivity contribution is 5.76. The Bertz CT molecular complexity index is 2170. The van der Waals surface area contributed by atoms with Crippen molar-refractivity contribution in [3.63, 3.8) is 0 Å². The van der Waals surface area contributed by atoms with Crippen LogP contribution in [0.3, 0.4) is 0 Å². The van der Waals surface area contributed by atoms with Crippen molar-refractivity contribution in [2.24, 2.45) is 0 Å². The SMILES string of the molecule is COc1ccc(Nc2ccc(OCCCCOc3ccc(Nc4ccc(OC)c(C)c4)cc3Nc3ccc(OC)c(C)c3)c(Nc3ccc(OC)c(C)c3)c2)cc1C. The smallest absolute Gasteiger partial charge is 0.142 e. The minimum atomic E-state index is 0.518. The molecule has 6 aromatic carbocycles. The fraction of sp³-hybridized carbons (Fsp3) is 0.250. The van der Waals surface area contributed by atoms with Gasteiger partial charge in [0, 0.05) is 34.1 Å². The van der Waals surface area contributed by atoms with Crippen LogP contribution >= 0.6 is 0 Å². The van der Waals surface area contributed by atoms with Crippen LogP contribution in [-0.2, 0) is 0 Å². The molecule has 58 heavy (non-hydrogen) atoms. The molecule has 6 aromatic rings. The van der Waals surface area contributed by atoms with Crippen molar-refractivity contribution in [2.45, 2.75) is 40.5 Å². The second kappa shape index (κ2) is 19.5. The average molecular weight is 783 g/mol. The van der Waals surface area contributed by atoms with E-state index in [-0.39, 0.29) is 0 Å². The third-order valence-corrected chi connectivity index (χ3v) is 9.73. The number of hydrogen-bond acceptors (Lipinski definition) is 10. The first kappa shape index (κ1) is 41.0. The van der Waals surface area contributed by atoms with Crippen molar-refractivity contribution in [2.75, 3.05) is 62.9 Å². The van der Waals surface area contributed by atoms with Gasteiger partial charge in [-0.25, -0.2) is 0 Å². The van der Waals surface area contributed by atoms with Gasteiger partial charge in [-0.3, -0.25) is 0 Å². The maximum absolute atomic E-state index is 6.39. The van der Waals surface area contributed by atoms with Crippen molar-refractivity contribution in [1.29, 1.82) is 0 Å².